The van der Waals surface area contributed by atoms with Crippen LogP contribution in [-0.4, -0.2) is 41.3 Å². The maximum Gasteiger partial charge on any atom is 0.311 e. The number of hydrogen-bond acceptors (Lipinski definition) is 5. The second-order valence-corrected chi connectivity index (χ2v) is 8.21. The summed E-state index contributed by atoms with van der Waals surface area (Å²) in [5, 5.41) is 11.1. The number of esters is 1. The van der Waals surface area contributed by atoms with Gasteiger partial charge in [0.25, 0.3) is 0 Å². The first-order valence-corrected chi connectivity index (χ1v) is 9.55. The minimum absolute atomic E-state index is 0.00647. The molecule has 27 heavy (non-hydrogen) atoms. The van der Waals surface area contributed by atoms with Crippen LogP contribution in [0.1, 0.15) is 40.0 Å². The molecule has 0 radical (unpaired) electrons. The second kappa shape index (κ2) is 7.38. The molecule has 0 saturated carbocycles. The van der Waals surface area contributed by atoms with Gasteiger partial charge in [-0.3, -0.25) is 4.79 Å². The third-order valence-electron chi connectivity index (χ3n) is 6.02. The average molecular weight is 374 g/mol. The maximum absolute atomic E-state index is 12.6. The molecule has 3 heterocycles. The molecule has 7 atom stereocenters. The van der Waals surface area contributed by atoms with Gasteiger partial charge in [-0.25, -0.2) is 0 Å². The molecule has 148 valence electrons. The van der Waals surface area contributed by atoms with E-state index >= 15 is 0 Å². The molecular weight excluding hydrogens is 344 g/mol. The van der Waals surface area contributed by atoms with Crippen molar-refractivity contribution in [2.24, 2.45) is 11.8 Å². The van der Waals surface area contributed by atoms with E-state index in [1.165, 1.54) is 0 Å². The Morgan fingerprint density at radius 1 is 1.33 bits per heavy atom. The van der Waals surface area contributed by atoms with E-state index in [9.17, 15) is 9.90 Å². The van der Waals surface area contributed by atoms with Crippen LogP contribution in [-0.2, 0) is 19.0 Å². The van der Waals surface area contributed by atoms with Gasteiger partial charge in [0.1, 0.15) is 18.6 Å². The van der Waals surface area contributed by atoms with Crippen LogP contribution in [0.25, 0.3) is 0 Å². The summed E-state index contributed by atoms with van der Waals surface area (Å²) in [5.41, 5.74) is 2.66. The molecular formula is C22H30O5. The van der Waals surface area contributed by atoms with E-state index in [1.807, 2.05) is 32.9 Å². The molecule has 2 saturated heterocycles. The highest BCUT2D eigenvalue weighted by atomic mass is 16.7. The summed E-state index contributed by atoms with van der Waals surface area (Å²) in [6, 6.07) is 0. The van der Waals surface area contributed by atoms with Gasteiger partial charge in [0.05, 0.1) is 12.2 Å². The molecule has 0 aromatic carbocycles. The molecule has 3 aliphatic heterocycles. The van der Waals surface area contributed by atoms with E-state index in [1.54, 1.807) is 0 Å². The van der Waals surface area contributed by atoms with E-state index < -0.39 is 17.9 Å². The number of ether oxygens (including phenoxy) is 3. The van der Waals surface area contributed by atoms with E-state index in [2.05, 4.69) is 19.7 Å². The minimum atomic E-state index is -1.64. The highest BCUT2D eigenvalue weighted by molar-refractivity contribution is 5.71. The third-order valence-corrected chi connectivity index (χ3v) is 6.02. The summed E-state index contributed by atoms with van der Waals surface area (Å²) in [4.78, 5) is 12.6. The fourth-order valence-electron chi connectivity index (χ4n) is 3.73. The molecule has 5 heteroatoms. The van der Waals surface area contributed by atoms with Crippen molar-refractivity contribution in [3.63, 3.8) is 0 Å². The van der Waals surface area contributed by atoms with Gasteiger partial charge in [-0.2, -0.15) is 0 Å². The van der Waals surface area contributed by atoms with Crippen molar-refractivity contribution in [3.8, 4) is 0 Å². The largest absolute Gasteiger partial charge is 0.457 e. The molecule has 3 rings (SSSR count). The Morgan fingerprint density at radius 3 is 2.70 bits per heavy atom. The molecule has 5 nitrogen and oxygen atoms in total. The van der Waals surface area contributed by atoms with Crippen molar-refractivity contribution in [2.45, 2.75) is 70.2 Å². The number of hydrogen-bond donors (Lipinski definition) is 1. The SMILES string of the molecule is C=C1/C=C/[C@@H]([C@H](C)C(=C)C)OC(=O)C[C@@]2(O)O[C@@H](CC(=C)[C@H]2C)[C@@H]2O[C@H]2C1. The van der Waals surface area contributed by atoms with Gasteiger partial charge in [-0.05, 0) is 19.4 Å². The summed E-state index contributed by atoms with van der Waals surface area (Å²) in [7, 11) is 0. The average Bonchev–Trinajstić information content (AvgIpc) is 3.33. The zero-order valence-electron chi connectivity index (χ0n) is 16.4. The lowest BCUT2D eigenvalue weighted by molar-refractivity contribution is -0.271. The summed E-state index contributed by atoms with van der Waals surface area (Å²) < 4.78 is 17.4. The Balaban J connectivity index is 1.89. The predicted octanol–water partition coefficient (Wildman–Crippen LogP) is 3.45. The van der Waals surface area contributed by atoms with Crippen LogP contribution in [0.5, 0.6) is 0 Å². The molecule has 0 aromatic heterocycles. The Hall–Kier alpha value is -1.69. The van der Waals surface area contributed by atoms with Gasteiger partial charge in [-0.15, -0.1) is 0 Å². The molecule has 1 N–H and O–H groups in total. The fourth-order valence-corrected chi connectivity index (χ4v) is 3.73. The number of fused-ring (bicyclic) bond motifs is 4. The number of allylic oxidation sites excluding steroid dienone is 1. The smallest absolute Gasteiger partial charge is 0.311 e. The number of epoxide rings is 1. The first-order chi connectivity index (χ1) is 12.6. The molecule has 0 unspecified atom stereocenters. The van der Waals surface area contributed by atoms with Crippen LogP contribution in [0.3, 0.4) is 0 Å². The zero-order valence-corrected chi connectivity index (χ0v) is 16.4. The topological polar surface area (TPSA) is 68.3 Å². The number of carbonyl (C=O) groups is 1. The standard InChI is InChI=1S/C22H30O5/c1-12(2)15(5)17-8-7-13(3)9-18-21(26-18)19-10-14(4)16(6)22(24,27-19)11-20(23)25-17/h7-8,15-19,21,24H,1,3-4,9-11H2,2,5-6H3/b8-7+/t15-,16-,17+,18+,19+,21-,22-/m1/s1. The van der Waals surface area contributed by atoms with Gasteiger partial charge in [0.15, 0.2) is 5.79 Å². The highest BCUT2D eigenvalue weighted by Crippen LogP contribution is 2.44. The minimum Gasteiger partial charge on any atom is -0.457 e. The molecule has 0 aromatic rings. The van der Waals surface area contributed by atoms with Crippen LogP contribution in [0.15, 0.2) is 48.6 Å². The van der Waals surface area contributed by atoms with E-state index in [0.29, 0.717) is 12.8 Å². The lowest BCUT2D eigenvalue weighted by Gasteiger charge is -2.42. The number of carbonyl (C=O) groups excluding carboxylic acids is 1. The molecule has 0 aliphatic carbocycles. The van der Waals surface area contributed by atoms with E-state index in [4.69, 9.17) is 14.2 Å². The summed E-state index contributed by atoms with van der Waals surface area (Å²) >= 11 is 0. The molecule has 2 bridgehead atoms. The van der Waals surface area contributed by atoms with Gasteiger partial charge >= 0.3 is 5.97 Å². The van der Waals surface area contributed by atoms with Crippen molar-refractivity contribution in [2.75, 3.05) is 0 Å². The summed E-state index contributed by atoms with van der Waals surface area (Å²) in [5.74, 6) is -2.58. The first kappa shape index (κ1) is 20.1. The van der Waals surface area contributed by atoms with Crippen molar-refractivity contribution in [1.29, 1.82) is 0 Å². The molecule has 0 spiro atoms. The quantitative estimate of drug-likeness (QED) is 0.455. The van der Waals surface area contributed by atoms with Crippen LogP contribution in [0, 0.1) is 11.8 Å². The maximum atomic E-state index is 12.6. The Kier molecular flexibility index (Phi) is 5.48. The molecule has 3 aliphatic rings. The van der Waals surface area contributed by atoms with E-state index in [0.717, 1.165) is 16.7 Å². The van der Waals surface area contributed by atoms with Crippen molar-refractivity contribution < 1.29 is 24.1 Å². The van der Waals surface area contributed by atoms with Crippen molar-refractivity contribution >= 4 is 5.97 Å². The fraction of sp³-hybridized carbons (Fsp3) is 0.591. The predicted molar refractivity (Wildman–Crippen MR) is 103 cm³/mol. The number of rotatable bonds is 2. The molecule has 2 fully saturated rings. The lowest BCUT2D eigenvalue weighted by atomic mass is 9.83. The van der Waals surface area contributed by atoms with Crippen LogP contribution >= 0.6 is 0 Å². The Morgan fingerprint density at radius 2 is 2.04 bits per heavy atom. The lowest BCUT2D eigenvalue weighted by Crippen LogP contribution is -2.51. The van der Waals surface area contributed by atoms with Gasteiger partial charge in [0, 0.05) is 18.3 Å². The van der Waals surface area contributed by atoms with Crippen molar-refractivity contribution in [1.82, 2.24) is 0 Å². The third kappa shape index (κ3) is 4.26. The van der Waals surface area contributed by atoms with E-state index in [-0.39, 0.29) is 36.6 Å². The van der Waals surface area contributed by atoms with Gasteiger partial charge in [-0.1, -0.05) is 56.4 Å². The first-order valence-electron chi connectivity index (χ1n) is 9.55. The second-order valence-electron chi connectivity index (χ2n) is 8.21. The van der Waals surface area contributed by atoms with Crippen LogP contribution < -0.4 is 0 Å². The summed E-state index contributed by atoms with van der Waals surface area (Å²) in [6.45, 7) is 17.8. The molecule has 0 amide bonds. The highest BCUT2D eigenvalue weighted by Gasteiger charge is 2.53. The Bertz CT molecular complexity index is 693. The monoisotopic (exact) mass is 374 g/mol. The van der Waals surface area contributed by atoms with Crippen LogP contribution in [0.2, 0.25) is 0 Å². The number of aliphatic hydroxyl groups is 1. The van der Waals surface area contributed by atoms with Crippen molar-refractivity contribution in [3.05, 3.63) is 48.6 Å². The number of cyclic esters (lactones) is 1. The van der Waals surface area contributed by atoms with Gasteiger partial charge in [0.2, 0.25) is 0 Å². The van der Waals surface area contributed by atoms with Gasteiger partial charge < -0.3 is 19.3 Å². The summed E-state index contributed by atoms with van der Waals surface area (Å²) in [6.07, 6.45) is 3.84. The van der Waals surface area contributed by atoms with Crippen LogP contribution in [0.4, 0.5) is 0 Å². The Labute approximate surface area is 161 Å². The zero-order chi connectivity index (χ0) is 19.9. The normalized spacial score (nSPS) is 41.9.